The number of para-hydroxylation sites is 1. The highest BCUT2D eigenvalue weighted by molar-refractivity contribution is 6.25. The van der Waals surface area contributed by atoms with Crippen molar-refractivity contribution in [2.24, 2.45) is 0 Å². The van der Waals surface area contributed by atoms with E-state index >= 15 is 0 Å². The van der Waals surface area contributed by atoms with Gasteiger partial charge >= 0.3 is 5.97 Å². The average molecular weight is 293 g/mol. The van der Waals surface area contributed by atoms with Gasteiger partial charge in [-0.25, -0.2) is 14.8 Å². The summed E-state index contributed by atoms with van der Waals surface area (Å²) in [5.41, 5.74) is 2.16. The lowest BCUT2D eigenvalue weighted by molar-refractivity contribution is -0.126. The van der Waals surface area contributed by atoms with Crippen LogP contribution in [0.1, 0.15) is 24.0 Å². The Hall–Kier alpha value is -2.69. The molecule has 0 unspecified atom stereocenters. The summed E-state index contributed by atoms with van der Waals surface area (Å²) in [6, 6.07) is 7.41. The van der Waals surface area contributed by atoms with E-state index in [1.165, 1.54) is 12.8 Å². The molecule has 5 nitrogen and oxygen atoms in total. The first-order chi connectivity index (χ1) is 10.8. The highest BCUT2D eigenvalue weighted by atomic mass is 16.5. The fourth-order valence-corrected chi connectivity index (χ4v) is 2.83. The van der Waals surface area contributed by atoms with Crippen molar-refractivity contribution in [1.29, 1.82) is 0 Å². The van der Waals surface area contributed by atoms with Crippen LogP contribution in [-0.2, 0) is 4.79 Å². The van der Waals surface area contributed by atoms with Gasteiger partial charge in [-0.15, -0.1) is 0 Å². The lowest BCUT2D eigenvalue weighted by Crippen LogP contribution is -2.20. The molecule has 110 valence electrons. The zero-order valence-corrected chi connectivity index (χ0v) is 12.0. The van der Waals surface area contributed by atoms with Gasteiger partial charge in [0.25, 0.3) is 0 Å². The van der Waals surface area contributed by atoms with Crippen LogP contribution < -0.4 is 9.64 Å². The van der Waals surface area contributed by atoms with Crippen LogP contribution in [0.3, 0.4) is 0 Å². The molecular weight excluding hydrogens is 278 g/mol. The molecule has 0 amide bonds. The molecule has 0 spiro atoms. The molecule has 5 heteroatoms. The Morgan fingerprint density at radius 3 is 2.59 bits per heavy atom. The average Bonchev–Trinajstić information content (AvgIpc) is 3.17. The van der Waals surface area contributed by atoms with Gasteiger partial charge in [0.2, 0.25) is 5.95 Å². The van der Waals surface area contributed by atoms with Gasteiger partial charge < -0.3 is 9.64 Å². The molecule has 0 saturated carbocycles. The number of nitrogens with zero attached hydrogens (tertiary/aromatic N) is 3. The number of hydrogen-bond donors (Lipinski definition) is 0. The smallest absolute Gasteiger partial charge is 0.344 e. The Morgan fingerprint density at radius 2 is 1.82 bits per heavy atom. The third-order valence-electron chi connectivity index (χ3n) is 3.96. The lowest BCUT2D eigenvalue weighted by Gasteiger charge is -2.14. The molecule has 1 aromatic heterocycles. The van der Waals surface area contributed by atoms with Crippen LogP contribution in [0.5, 0.6) is 5.75 Å². The van der Waals surface area contributed by atoms with Crippen molar-refractivity contribution in [2.75, 3.05) is 18.0 Å². The standard InChI is InChI=1S/C17H15N3O2/c21-16-14(13-5-1-2-6-15(13)22-16)9-12-10-18-17(19-11-12)20-7-3-4-8-20/h1-2,5-6,9-11H,3-4,7-8H2/b14-9+. The van der Waals surface area contributed by atoms with Crippen LogP contribution >= 0.6 is 0 Å². The monoisotopic (exact) mass is 293 g/mol. The van der Waals surface area contributed by atoms with Crippen LogP contribution in [0.4, 0.5) is 5.95 Å². The van der Waals surface area contributed by atoms with Crippen molar-refractivity contribution < 1.29 is 9.53 Å². The van der Waals surface area contributed by atoms with Crippen LogP contribution in [0, 0.1) is 0 Å². The maximum Gasteiger partial charge on any atom is 0.344 e. The molecule has 0 aliphatic carbocycles. The van der Waals surface area contributed by atoms with Crippen LogP contribution in [-0.4, -0.2) is 29.0 Å². The molecular formula is C17H15N3O2. The number of carbonyl (C=O) groups is 1. The molecule has 0 atom stereocenters. The summed E-state index contributed by atoms with van der Waals surface area (Å²) < 4.78 is 5.24. The van der Waals surface area contributed by atoms with Gasteiger partial charge in [-0.05, 0) is 25.0 Å². The van der Waals surface area contributed by atoms with E-state index < -0.39 is 0 Å². The second kappa shape index (κ2) is 5.26. The summed E-state index contributed by atoms with van der Waals surface area (Å²) >= 11 is 0. The number of hydrogen-bond acceptors (Lipinski definition) is 5. The number of ether oxygens (including phenoxy) is 1. The van der Waals surface area contributed by atoms with Gasteiger partial charge in [0.05, 0.1) is 5.57 Å². The minimum Gasteiger partial charge on any atom is -0.422 e. The third kappa shape index (κ3) is 2.24. The Labute approximate surface area is 128 Å². The van der Waals surface area contributed by atoms with Gasteiger partial charge in [0.1, 0.15) is 5.75 Å². The van der Waals surface area contributed by atoms with E-state index in [9.17, 15) is 4.79 Å². The second-order valence-electron chi connectivity index (χ2n) is 5.45. The van der Waals surface area contributed by atoms with Crippen molar-refractivity contribution in [3.8, 4) is 5.75 Å². The number of anilines is 1. The zero-order valence-electron chi connectivity index (χ0n) is 12.0. The van der Waals surface area contributed by atoms with Gasteiger partial charge in [-0.3, -0.25) is 0 Å². The quantitative estimate of drug-likeness (QED) is 0.484. The summed E-state index contributed by atoms with van der Waals surface area (Å²) in [7, 11) is 0. The van der Waals surface area contributed by atoms with Crippen molar-refractivity contribution in [2.45, 2.75) is 12.8 Å². The number of fused-ring (bicyclic) bond motifs is 1. The first-order valence-electron chi connectivity index (χ1n) is 7.41. The summed E-state index contributed by atoms with van der Waals surface area (Å²) in [6.07, 6.45) is 7.67. The van der Waals surface area contributed by atoms with E-state index in [-0.39, 0.29) is 5.97 Å². The molecule has 2 aliphatic rings. The second-order valence-corrected chi connectivity index (χ2v) is 5.45. The third-order valence-corrected chi connectivity index (χ3v) is 3.96. The summed E-state index contributed by atoms with van der Waals surface area (Å²) in [5.74, 6) is 1.03. The summed E-state index contributed by atoms with van der Waals surface area (Å²) in [4.78, 5) is 23.0. The number of rotatable bonds is 2. The van der Waals surface area contributed by atoms with E-state index in [0.717, 1.165) is 30.2 Å². The Balaban J connectivity index is 1.64. The molecule has 0 radical (unpaired) electrons. The molecule has 4 rings (SSSR count). The van der Waals surface area contributed by atoms with Crippen molar-refractivity contribution in [3.63, 3.8) is 0 Å². The summed E-state index contributed by atoms with van der Waals surface area (Å²) in [5, 5.41) is 0. The maximum atomic E-state index is 12.0. The number of aromatic nitrogens is 2. The lowest BCUT2D eigenvalue weighted by atomic mass is 10.1. The predicted octanol–water partition coefficient (Wildman–Crippen LogP) is 2.54. The van der Waals surface area contributed by atoms with E-state index in [2.05, 4.69) is 14.9 Å². The van der Waals surface area contributed by atoms with Crippen LogP contribution in [0.15, 0.2) is 36.7 Å². The van der Waals surface area contributed by atoms with Gasteiger partial charge in [-0.1, -0.05) is 18.2 Å². The normalized spacial score (nSPS) is 18.6. The molecule has 1 aromatic carbocycles. The van der Waals surface area contributed by atoms with E-state index in [1.54, 1.807) is 24.5 Å². The molecule has 1 saturated heterocycles. The zero-order chi connectivity index (χ0) is 14.9. The fourth-order valence-electron chi connectivity index (χ4n) is 2.83. The van der Waals surface area contributed by atoms with Crippen molar-refractivity contribution >= 4 is 23.6 Å². The topological polar surface area (TPSA) is 55.3 Å². The van der Waals surface area contributed by atoms with Crippen molar-refractivity contribution in [3.05, 3.63) is 47.8 Å². The summed E-state index contributed by atoms with van der Waals surface area (Å²) in [6.45, 7) is 2.03. The number of carbonyl (C=O) groups excluding carboxylic acids is 1. The number of benzene rings is 1. The minimum absolute atomic E-state index is 0.329. The molecule has 2 aromatic rings. The number of esters is 1. The highest BCUT2D eigenvalue weighted by Gasteiger charge is 2.26. The van der Waals surface area contributed by atoms with E-state index in [0.29, 0.717) is 11.3 Å². The SMILES string of the molecule is O=C1Oc2ccccc2/C1=C\c1cnc(N2CCCC2)nc1. The Kier molecular flexibility index (Phi) is 3.11. The van der Waals surface area contributed by atoms with E-state index in [4.69, 9.17) is 4.74 Å². The first-order valence-corrected chi connectivity index (χ1v) is 7.41. The molecule has 22 heavy (non-hydrogen) atoms. The van der Waals surface area contributed by atoms with Crippen LogP contribution in [0.2, 0.25) is 0 Å². The molecule has 1 fully saturated rings. The van der Waals surface area contributed by atoms with Crippen LogP contribution in [0.25, 0.3) is 11.6 Å². The van der Waals surface area contributed by atoms with Crippen molar-refractivity contribution in [1.82, 2.24) is 9.97 Å². The highest BCUT2D eigenvalue weighted by Crippen LogP contribution is 2.34. The van der Waals surface area contributed by atoms with E-state index in [1.807, 2.05) is 18.2 Å². The van der Waals surface area contributed by atoms with Gasteiger partial charge in [-0.2, -0.15) is 0 Å². The molecule has 0 bridgehead atoms. The first kappa shape index (κ1) is 13.0. The molecule has 0 N–H and O–H groups in total. The molecule has 2 aliphatic heterocycles. The fraction of sp³-hybridized carbons (Fsp3) is 0.235. The van der Waals surface area contributed by atoms with Gasteiger partial charge in [0, 0.05) is 36.6 Å². The molecule has 3 heterocycles. The largest absolute Gasteiger partial charge is 0.422 e. The predicted molar refractivity (Wildman–Crippen MR) is 83.4 cm³/mol. The van der Waals surface area contributed by atoms with Gasteiger partial charge in [0.15, 0.2) is 0 Å². The Bertz CT molecular complexity index is 747. The minimum atomic E-state index is -0.329. The Morgan fingerprint density at radius 1 is 1.09 bits per heavy atom. The maximum absolute atomic E-state index is 12.0.